The van der Waals surface area contributed by atoms with Crippen LogP contribution in [0.4, 0.5) is 0 Å². The van der Waals surface area contributed by atoms with Gasteiger partial charge in [0.2, 0.25) is 0 Å². The van der Waals surface area contributed by atoms with Gasteiger partial charge in [-0.05, 0) is 18.9 Å². The van der Waals surface area contributed by atoms with E-state index in [0.29, 0.717) is 5.92 Å². The van der Waals surface area contributed by atoms with Crippen molar-refractivity contribution in [3.05, 3.63) is 18.0 Å². The Morgan fingerprint density at radius 1 is 1.46 bits per heavy atom. The van der Waals surface area contributed by atoms with Crippen molar-refractivity contribution in [1.29, 1.82) is 0 Å². The Hall–Kier alpha value is -0.830. The van der Waals surface area contributed by atoms with E-state index >= 15 is 0 Å². The summed E-state index contributed by atoms with van der Waals surface area (Å²) < 4.78 is 1.99. The largest absolute Gasteiger partial charge is 0.328 e. The molecular formula is C10H19N3. The van der Waals surface area contributed by atoms with Crippen molar-refractivity contribution in [3.8, 4) is 0 Å². The van der Waals surface area contributed by atoms with Crippen LogP contribution in [0.5, 0.6) is 0 Å². The van der Waals surface area contributed by atoms with E-state index < -0.39 is 0 Å². The molecule has 0 bridgehead atoms. The molecule has 1 heterocycles. The van der Waals surface area contributed by atoms with E-state index in [2.05, 4.69) is 18.9 Å². The lowest BCUT2D eigenvalue weighted by Gasteiger charge is -2.04. The fourth-order valence-corrected chi connectivity index (χ4v) is 1.32. The van der Waals surface area contributed by atoms with E-state index in [9.17, 15) is 0 Å². The summed E-state index contributed by atoms with van der Waals surface area (Å²) >= 11 is 0. The first-order valence-corrected chi connectivity index (χ1v) is 4.86. The van der Waals surface area contributed by atoms with Crippen LogP contribution in [0.1, 0.15) is 26.5 Å². The van der Waals surface area contributed by atoms with Crippen LogP contribution in [0.2, 0.25) is 0 Å². The van der Waals surface area contributed by atoms with Gasteiger partial charge in [0.25, 0.3) is 0 Å². The second kappa shape index (κ2) is 4.42. The minimum Gasteiger partial charge on any atom is -0.328 e. The van der Waals surface area contributed by atoms with Crippen molar-refractivity contribution < 1.29 is 0 Å². The van der Waals surface area contributed by atoms with Crippen LogP contribution in [0, 0.1) is 5.92 Å². The Bertz CT molecular complexity index is 226. The molecule has 0 aliphatic heterocycles. The minimum atomic E-state index is 0.197. The van der Waals surface area contributed by atoms with Gasteiger partial charge in [0.1, 0.15) is 0 Å². The molecule has 0 fully saturated rings. The predicted molar refractivity (Wildman–Crippen MR) is 54.4 cm³/mol. The highest BCUT2D eigenvalue weighted by Gasteiger charge is 2.02. The third-order valence-corrected chi connectivity index (χ3v) is 1.78. The Balaban J connectivity index is 2.53. The second-order valence-corrected chi connectivity index (χ2v) is 4.10. The lowest BCUT2D eigenvalue weighted by Crippen LogP contribution is -2.18. The van der Waals surface area contributed by atoms with Crippen LogP contribution in [0.15, 0.2) is 12.3 Å². The summed E-state index contributed by atoms with van der Waals surface area (Å²) in [5, 5.41) is 4.43. The SMILES string of the molecule is CC(C)Cn1ccc(C[C@@H](C)N)n1. The molecule has 0 amide bonds. The molecule has 74 valence electrons. The third kappa shape index (κ3) is 3.59. The van der Waals surface area contributed by atoms with E-state index in [4.69, 9.17) is 5.73 Å². The summed E-state index contributed by atoms with van der Waals surface area (Å²) in [4.78, 5) is 0. The normalized spacial score (nSPS) is 13.6. The summed E-state index contributed by atoms with van der Waals surface area (Å²) in [5.74, 6) is 0.642. The molecule has 1 aromatic rings. The second-order valence-electron chi connectivity index (χ2n) is 4.10. The topological polar surface area (TPSA) is 43.8 Å². The number of rotatable bonds is 4. The quantitative estimate of drug-likeness (QED) is 0.763. The maximum Gasteiger partial charge on any atom is 0.0639 e. The molecule has 0 aromatic carbocycles. The van der Waals surface area contributed by atoms with Crippen LogP contribution in [0.3, 0.4) is 0 Å². The molecule has 13 heavy (non-hydrogen) atoms. The fourth-order valence-electron chi connectivity index (χ4n) is 1.32. The summed E-state index contributed by atoms with van der Waals surface area (Å²) in [5.41, 5.74) is 6.78. The number of nitrogens with zero attached hydrogens (tertiary/aromatic N) is 2. The van der Waals surface area contributed by atoms with Crippen molar-refractivity contribution in [1.82, 2.24) is 9.78 Å². The van der Waals surface area contributed by atoms with Gasteiger partial charge in [-0.25, -0.2) is 0 Å². The Kier molecular flexibility index (Phi) is 3.48. The maximum atomic E-state index is 5.69. The standard InChI is InChI=1S/C10H19N3/c1-8(2)7-13-5-4-10(12-13)6-9(3)11/h4-5,8-9H,6-7,11H2,1-3H3/t9-/m1/s1. The molecule has 0 aliphatic carbocycles. The smallest absolute Gasteiger partial charge is 0.0639 e. The average molecular weight is 181 g/mol. The molecule has 0 saturated carbocycles. The molecule has 1 aromatic heterocycles. The molecule has 1 rings (SSSR count). The molecule has 0 aliphatic rings. The van der Waals surface area contributed by atoms with Gasteiger partial charge in [0, 0.05) is 25.2 Å². The highest BCUT2D eigenvalue weighted by atomic mass is 15.3. The van der Waals surface area contributed by atoms with Crippen LogP contribution >= 0.6 is 0 Å². The van der Waals surface area contributed by atoms with Crippen molar-refractivity contribution >= 4 is 0 Å². The molecule has 0 spiro atoms. The van der Waals surface area contributed by atoms with Crippen LogP contribution in [-0.2, 0) is 13.0 Å². The van der Waals surface area contributed by atoms with Crippen LogP contribution < -0.4 is 5.73 Å². The van der Waals surface area contributed by atoms with Gasteiger partial charge in [-0.2, -0.15) is 5.10 Å². The fraction of sp³-hybridized carbons (Fsp3) is 0.700. The Morgan fingerprint density at radius 2 is 2.15 bits per heavy atom. The van der Waals surface area contributed by atoms with Crippen LogP contribution in [0.25, 0.3) is 0 Å². The maximum absolute atomic E-state index is 5.69. The third-order valence-electron chi connectivity index (χ3n) is 1.78. The van der Waals surface area contributed by atoms with Gasteiger partial charge < -0.3 is 5.73 Å². The molecular weight excluding hydrogens is 162 g/mol. The van der Waals surface area contributed by atoms with Gasteiger partial charge in [0.05, 0.1) is 5.69 Å². The highest BCUT2D eigenvalue weighted by molar-refractivity contribution is 5.00. The molecule has 0 saturated heterocycles. The van der Waals surface area contributed by atoms with Gasteiger partial charge in [-0.15, -0.1) is 0 Å². The van der Waals surface area contributed by atoms with E-state index in [1.807, 2.05) is 23.9 Å². The summed E-state index contributed by atoms with van der Waals surface area (Å²) in [6.45, 7) is 7.36. The number of hydrogen-bond donors (Lipinski definition) is 1. The Morgan fingerprint density at radius 3 is 2.69 bits per heavy atom. The number of aromatic nitrogens is 2. The van der Waals surface area contributed by atoms with Gasteiger partial charge >= 0.3 is 0 Å². The molecule has 3 nitrogen and oxygen atoms in total. The summed E-state index contributed by atoms with van der Waals surface area (Å²) in [7, 11) is 0. The monoisotopic (exact) mass is 181 g/mol. The zero-order valence-corrected chi connectivity index (χ0v) is 8.70. The summed E-state index contributed by atoms with van der Waals surface area (Å²) in [6.07, 6.45) is 2.89. The first-order chi connectivity index (χ1) is 6.08. The van der Waals surface area contributed by atoms with Gasteiger partial charge in [-0.1, -0.05) is 13.8 Å². The predicted octanol–water partition coefficient (Wildman–Crippen LogP) is 1.43. The molecule has 0 radical (unpaired) electrons. The van der Waals surface area contributed by atoms with E-state index in [1.54, 1.807) is 0 Å². The molecule has 0 unspecified atom stereocenters. The molecule has 2 N–H and O–H groups in total. The number of nitrogens with two attached hydrogens (primary N) is 1. The van der Waals surface area contributed by atoms with Crippen molar-refractivity contribution in [2.24, 2.45) is 11.7 Å². The number of hydrogen-bond acceptors (Lipinski definition) is 2. The average Bonchev–Trinajstić information content (AvgIpc) is 2.33. The zero-order chi connectivity index (χ0) is 9.84. The minimum absolute atomic E-state index is 0.197. The van der Waals surface area contributed by atoms with Crippen molar-refractivity contribution in [2.75, 3.05) is 0 Å². The van der Waals surface area contributed by atoms with E-state index in [1.165, 1.54) is 0 Å². The Labute approximate surface area is 79.9 Å². The molecule has 1 atom stereocenters. The van der Waals surface area contributed by atoms with Crippen molar-refractivity contribution in [3.63, 3.8) is 0 Å². The highest BCUT2D eigenvalue weighted by Crippen LogP contribution is 2.02. The first kappa shape index (κ1) is 10.3. The summed E-state index contributed by atoms with van der Waals surface area (Å²) in [6, 6.07) is 2.24. The lowest BCUT2D eigenvalue weighted by molar-refractivity contribution is 0.478. The van der Waals surface area contributed by atoms with Crippen LogP contribution in [-0.4, -0.2) is 15.8 Å². The van der Waals surface area contributed by atoms with Gasteiger partial charge in [-0.3, -0.25) is 4.68 Å². The molecule has 3 heteroatoms. The van der Waals surface area contributed by atoms with Gasteiger partial charge in [0.15, 0.2) is 0 Å². The van der Waals surface area contributed by atoms with Crippen molar-refractivity contribution in [2.45, 2.75) is 39.8 Å². The zero-order valence-electron chi connectivity index (χ0n) is 8.70. The van der Waals surface area contributed by atoms with E-state index in [0.717, 1.165) is 18.7 Å². The first-order valence-electron chi connectivity index (χ1n) is 4.86. The van der Waals surface area contributed by atoms with E-state index in [-0.39, 0.29) is 6.04 Å². The lowest BCUT2D eigenvalue weighted by atomic mass is 10.2.